The van der Waals surface area contributed by atoms with Gasteiger partial charge in [0.25, 0.3) is 0 Å². The Bertz CT molecular complexity index is 298. The van der Waals surface area contributed by atoms with Gasteiger partial charge in [0.2, 0.25) is 0 Å². The highest BCUT2D eigenvalue weighted by Gasteiger charge is 2.19. The van der Waals surface area contributed by atoms with Gasteiger partial charge in [-0.2, -0.15) is 0 Å². The van der Waals surface area contributed by atoms with E-state index in [0.29, 0.717) is 5.92 Å². The van der Waals surface area contributed by atoms with Crippen LogP contribution >= 0.6 is 0 Å². The molecule has 0 amide bonds. The molecule has 1 atom stereocenters. The van der Waals surface area contributed by atoms with E-state index >= 15 is 0 Å². The predicted molar refractivity (Wildman–Crippen MR) is 60.8 cm³/mol. The highest BCUT2D eigenvalue weighted by atomic mass is 14.9. The summed E-state index contributed by atoms with van der Waals surface area (Å²) in [5, 5.41) is 3.44. The molecule has 0 unspecified atom stereocenters. The van der Waals surface area contributed by atoms with Gasteiger partial charge in [-0.05, 0) is 35.9 Å². The molecular formula is C13H19N. The maximum Gasteiger partial charge on any atom is 0.00207 e. The molecular weight excluding hydrogens is 170 g/mol. The van der Waals surface area contributed by atoms with E-state index in [0.717, 1.165) is 12.5 Å². The number of hydrogen-bond acceptors (Lipinski definition) is 1. The SMILES string of the molecule is CC(C)c1ccccc1[C@@H]1CCNC1. The lowest BCUT2D eigenvalue weighted by Gasteiger charge is -2.17. The van der Waals surface area contributed by atoms with Crippen molar-refractivity contribution in [3.63, 3.8) is 0 Å². The summed E-state index contributed by atoms with van der Waals surface area (Å²) in [6.07, 6.45) is 1.30. The third-order valence-corrected chi connectivity index (χ3v) is 3.12. The summed E-state index contributed by atoms with van der Waals surface area (Å²) >= 11 is 0. The van der Waals surface area contributed by atoms with Gasteiger partial charge in [-0.1, -0.05) is 38.1 Å². The molecule has 1 N–H and O–H groups in total. The van der Waals surface area contributed by atoms with Crippen LogP contribution in [0, 0.1) is 0 Å². The molecule has 0 bridgehead atoms. The zero-order valence-corrected chi connectivity index (χ0v) is 9.09. The summed E-state index contributed by atoms with van der Waals surface area (Å²) in [6.45, 7) is 6.89. The largest absolute Gasteiger partial charge is 0.316 e. The maximum absolute atomic E-state index is 3.44. The monoisotopic (exact) mass is 189 g/mol. The van der Waals surface area contributed by atoms with Crippen LogP contribution in [0.15, 0.2) is 24.3 Å². The van der Waals surface area contributed by atoms with Crippen LogP contribution in [0.1, 0.15) is 43.2 Å². The van der Waals surface area contributed by atoms with Gasteiger partial charge in [0.05, 0.1) is 0 Å². The van der Waals surface area contributed by atoms with Gasteiger partial charge in [0, 0.05) is 6.54 Å². The van der Waals surface area contributed by atoms with E-state index in [1.54, 1.807) is 5.56 Å². The van der Waals surface area contributed by atoms with E-state index in [9.17, 15) is 0 Å². The van der Waals surface area contributed by atoms with Gasteiger partial charge in [-0.25, -0.2) is 0 Å². The molecule has 0 saturated carbocycles. The highest BCUT2D eigenvalue weighted by molar-refractivity contribution is 5.33. The van der Waals surface area contributed by atoms with Gasteiger partial charge in [0.1, 0.15) is 0 Å². The van der Waals surface area contributed by atoms with Crippen LogP contribution in [0.25, 0.3) is 0 Å². The van der Waals surface area contributed by atoms with Gasteiger partial charge in [-0.3, -0.25) is 0 Å². The third-order valence-electron chi connectivity index (χ3n) is 3.12. The van der Waals surface area contributed by atoms with E-state index in [-0.39, 0.29) is 0 Å². The van der Waals surface area contributed by atoms with Gasteiger partial charge < -0.3 is 5.32 Å². The quantitative estimate of drug-likeness (QED) is 0.754. The van der Waals surface area contributed by atoms with Crippen LogP contribution in [-0.4, -0.2) is 13.1 Å². The van der Waals surface area contributed by atoms with Crippen LogP contribution in [0.4, 0.5) is 0 Å². The van der Waals surface area contributed by atoms with Crippen molar-refractivity contribution < 1.29 is 0 Å². The molecule has 0 radical (unpaired) electrons. The van der Waals surface area contributed by atoms with Crippen molar-refractivity contribution >= 4 is 0 Å². The summed E-state index contributed by atoms with van der Waals surface area (Å²) in [7, 11) is 0. The first-order valence-corrected chi connectivity index (χ1v) is 5.58. The predicted octanol–water partition coefficient (Wildman–Crippen LogP) is 2.89. The first-order valence-electron chi connectivity index (χ1n) is 5.58. The molecule has 1 heteroatoms. The van der Waals surface area contributed by atoms with Crippen molar-refractivity contribution in [3.8, 4) is 0 Å². The Morgan fingerprint density at radius 1 is 1.29 bits per heavy atom. The zero-order chi connectivity index (χ0) is 9.97. The van der Waals surface area contributed by atoms with Gasteiger partial charge in [0.15, 0.2) is 0 Å². The minimum atomic E-state index is 0.645. The van der Waals surface area contributed by atoms with E-state index in [1.807, 2.05) is 0 Å². The number of benzene rings is 1. The molecule has 0 aliphatic carbocycles. The standard InChI is InChI=1S/C13H19N/c1-10(2)12-5-3-4-6-13(12)11-7-8-14-9-11/h3-6,10-11,14H,7-9H2,1-2H3/t11-/m1/s1. The van der Waals surface area contributed by atoms with Crippen molar-refractivity contribution in [1.82, 2.24) is 5.32 Å². The lowest BCUT2D eigenvalue weighted by atomic mass is 9.88. The summed E-state index contributed by atoms with van der Waals surface area (Å²) in [5.74, 6) is 1.39. The number of nitrogens with one attached hydrogen (secondary N) is 1. The van der Waals surface area contributed by atoms with E-state index < -0.39 is 0 Å². The van der Waals surface area contributed by atoms with E-state index in [4.69, 9.17) is 0 Å². The summed E-state index contributed by atoms with van der Waals surface area (Å²) < 4.78 is 0. The number of hydrogen-bond donors (Lipinski definition) is 1. The molecule has 76 valence electrons. The Hall–Kier alpha value is -0.820. The maximum atomic E-state index is 3.44. The van der Waals surface area contributed by atoms with Gasteiger partial charge >= 0.3 is 0 Å². The highest BCUT2D eigenvalue weighted by Crippen LogP contribution is 2.29. The molecule has 2 rings (SSSR count). The van der Waals surface area contributed by atoms with Crippen LogP contribution in [-0.2, 0) is 0 Å². The van der Waals surface area contributed by atoms with E-state index in [1.165, 1.54) is 18.5 Å². The Morgan fingerprint density at radius 2 is 2.07 bits per heavy atom. The van der Waals surface area contributed by atoms with Crippen LogP contribution < -0.4 is 5.32 Å². The lowest BCUT2D eigenvalue weighted by Crippen LogP contribution is -2.09. The fourth-order valence-electron chi connectivity index (χ4n) is 2.33. The molecule has 1 aliphatic rings. The van der Waals surface area contributed by atoms with Crippen molar-refractivity contribution in [1.29, 1.82) is 0 Å². The first kappa shape index (κ1) is 9.72. The molecule has 0 spiro atoms. The average molecular weight is 189 g/mol. The van der Waals surface area contributed by atoms with Crippen LogP contribution in [0.2, 0.25) is 0 Å². The molecule has 1 aromatic carbocycles. The summed E-state index contributed by atoms with van der Waals surface area (Å²) in [4.78, 5) is 0. The molecule has 0 aromatic heterocycles. The average Bonchev–Trinajstić information content (AvgIpc) is 2.70. The second-order valence-electron chi connectivity index (χ2n) is 4.47. The Balaban J connectivity index is 2.30. The smallest absolute Gasteiger partial charge is 0.00207 e. The normalized spacial score (nSPS) is 21.8. The second kappa shape index (κ2) is 4.14. The van der Waals surface area contributed by atoms with Crippen molar-refractivity contribution in [2.45, 2.75) is 32.1 Å². The minimum Gasteiger partial charge on any atom is -0.316 e. The summed E-state index contributed by atoms with van der Waals surface area (Å²) in [6, 6.07) is 8.89. The molecule has 1 aromatic rings. The lowest BCUT2D eigenvalue weighted by molar-refractivity contribution is 0.731. The zero-order valence-electron chi connectivity index (χ0n) is 9.09. The molecule has 1 fully saturated rings. The first-order chi connectivity index (χ1) is 6.79. The van der Waals surface area contributed by atoms with Crippen molar-refractivity contribution in [3.05, 3.63) is 35.4 Å². The molecule has 1 nitrogen and oxygen atoms in total. The molecule has 14 heavy (non-hydrogen) atoms. The fraction of sp³-hybridized carbons (Fsp3) is 0.538. The Kier molecular flexibility index (Phi) is 2.87. The Labute approximate surface area is 86.5 Å². The minimum absolute atomic E-state index is 0.645. The van der Waals surface area contributed by atoms with Gasteiger partial charge in [-0.15, -0.1) is 0 Å². The fourth-order valence-corrected chi connectivity index (χ4v) is 2.33. The van der Waals surface area contributed by atoms with Crippen molar-refractivity contribution in [2.24, 2.45) is 0 Å². The topological polar surface area (TPSA) is 12.0 Å². The third kappa shape index (κ3) is 1.83. The molecule has 1 aliphatic heterocycles. The van der Waals surface area contributed by atoms with Crippen LogP contribution in [0.3, 0.4) is 0 Å². The second-order valence-corrected chi connectivity index (χ2v) is 4.47. The van der Waals surface area contributed by atoms with E-state index in [2.05, 4.69) is 43.4 Å². The molecule has 1 saturated heterocycles. The number of rotatable bonds is 2. The van der Waals surface area contributed by atoms with Crippen LogP contribution in [0.5, 0.6) is 0 Å². The molecule has 1 heterocycles. The van der Waals surface area contributed by atoms with Crippen molar-refractivity contribution in [2.75, 3.05) is 13.1 Å². The summed E-state index contributed by atoms with van der Waals surface area (Å²) in [5.41, 5.74) is 3.09. The Morgan fingerprint density at radius 3 is 2.71 bits per heavy atom.